The molecule has 2 aliphatic carbocycles. The summed E-state index contributed by atoms with van der Waals surface area (Å²) < 4.78 is 0. The molecule has 0 radical (unpaired) electrons. The fourth-order valence-electron chi connectivity index (χ4n) is 2.78. The number of amides is 1. The Balaban J connectivity index is 2.18. The first-order valence-corrected chi connectivity index (χ1v) is 4.65. The lowest BCUT2D eigenvalue weighted by Gasteiger charge is -2.08. The second-order valence-corrected chi connectivity index (χ2v) is 3.97. The molecule has 2 unspecified atom stereocenters. The largest absolute Gasteiger partial charge is 0.364 e. The van der Waals surface area contributed by atoms with Crippen molar-refractivity contribution in [1.82, 2.24) is 10.2 Å². The van der Waals surface area contributed by atoms with Gasteiger partial charge in [0.2, 0.25) is 0 Å². The molecule has 4 nitrogen and oxygen atoms in total. The number of nitrogens with zero attached hydrogens (tertiary/aromatic N) is 1. The predicted molar refractivity (Wildman–Crippen MR) is 46.4 cm³/mol. The molecule has 1 aromatic rings. The van der Waals surface area contributed by atoms with Crippen molar-refractivity contribution in [1.29, 1.82) is 0 Å². The first-order valence-electron chi connectivity index (χ1n) is 4.65. The third-order valence-electron chi connectivity index (χ3n) is 3.32. The molecular weight excluding hydrogens is 166 g/mol. The summed E-state index contributed by atoms with van der Waals surface area (Å²) in [7, 11) is 0. The molecule has 0 aromatic carbocycles. The van der Waals surface area contributed by atoms with E-state index < -0.39 is 5.91 Å². The molecule has 2 aliphatic rings. The number of fused-ring (bicyclic) bond motifs is 5. The van der Waals surface area contributed by atoms with Crippen molar-refractivity contribution in [3.63, 3.8) is 0 Å². The molecule has 0 saturated heterocycles. The Labute approximate surface area is 75.5 Å². The molecule has 3 N–H and O–H groups in total. The van der Waals surface area contributed by atoms with Gasteiger partial charge in [-0.15, -0.1) is 0 Å². The van der Waals surface area contributed by atoms with Crippen molar-refractivity contribution in [2.75, 3.05) is 0 Å². The van der Waals surface area contributed by atoms with E-state index in [1.54, 1.807) is 0 Å². The van der Waals surface area contributed by atoms with Gasteiger partial charge in [-0.3, -0.25) is 9.89 Å². The Bertz CT molecular complexity index is 382. The van der Waals surface area contributed by atoms with E-state index in [0.717, 1.165) is 5.56 Å². The molecule has 1 aromatic heterocycles. The number of nitrogens with one attached hydrogen (secondary N) is 1. The molecule has 1 fully saturated rings. The maximum absolute atomic E-state index is 11.0. The zero-order valence-electron chi connectivity index (χ0n) is 7.21. The highest BCUT2D eigenvalue weighted by molar-refractivity contribution is 5.93. The van der Waals surface area contributed by atoms with Crippen molar-refractivity contribution in [2.24, 2.45) is 5.73 Å². The summed E-state index contributed by atoms with van der Waals surface area (Å²) in [6, 6.07) is 0. The van der Waals surface area contributed by atoms with Gasteiger partial charge in [-0.25, -0.2) is 0 Å². The molecule has 13 heavy (non-hydrogen) atoms. The Hall–Kier alpha value is -1.32. The highest BCUT2D eigenvalue weighted by atomic mass is 16.1. The van der Waals surface area contributed by atoms with Crippen LogP contribution in [0, 0.1) is 0 Å². The van der Waals surface area contributed by atoms with Gasteiger partial charge < -0.3 is 5.73 Å². The SMILES string of the molecule is NC(=O)c1n[nH]c2c1C1CCC2C1. The van der Waals surface area contributed by atoms with Crippen LogP contribution in [0.2, 0.25) is 0 Å². The van der Waals surface area contributed by atoms with Crippen LogP contribution in [0.4, 0.5) is 0 Å². The topological polar surface area (TPSA) is 71.8 Å². The highest BCUT2D eigenvalue weighted by Crippen LogP contribution is 2.53. The number of aromatic nitrogens is 2. The number of aromatic amines is 1. The minimum absolute atomic E-state index is 0.398. The van der Waals surface area contributed by atoms with E-state index in [1.165, 1.54) is 25.0 Å². The number of rotatable bonds is 1. The average Bonchev–Trinajstić information content (AvgIpc) is 2.76. The third-order valence-corrected chi connectivity index (χ3v) is 3.32. The van der Waals surface area contributed by atoms with Crippen molar-refractivity contribution in [3.05, 3.63) is 17.0 Å². The Morgan fingerprint density at radius 2 is 2.23 bits per heavy atom. The molecule has 68 valence electrons. The number of primary amides is 1. The molecule has 4 heteroatoms. The van der Waals surface area contributed by atoms with Crippen LogP contribution < -0.4 is 5.73 Å². The van der Waals surface area contributed by atoms with Crippen LogP contribution in [0.25, 0.3) is 0 Å². The minimum atomic E-state index is -0.398. The number of carbonyl (C=O) groups is 1. The van der Waals surface area contributed by atoms with Crippen LogP contribution in [-0.2, 0) is 0 Å². The van der Waals surface area contributed by atoms with Crippen molar-refractivity contribution in [2.45, 2.75) is 31.1 Å². The van der Waals surface area contributed by atoms with E-state index in [4.69, 9.17) is 5.73 Å². The summed E-state index contributed by atoms with van der Waals surface area (Å²) in [5.41, 5.74) is 8.00. The molecule has 1 saturated carbocycles. The van der Waals surface area contributed by atoms with Gasteiger partial charge in [0.1, 0.15) is 0 Å². The van der Waals surface area contributed by atoms with E-state index in [-0.39, 0.29) is 0 Å². The van der Waals surface area contributed by atoms with Gasteiger partial charge in [0.25, 0.3) is 5.91 Å². The number of hydrogen-bond acceptors (Lipinski definition) is 2. The normalized spacial score (nSPS) is 29.2. The summed E-state index contributed by atoms with van der Waals surface area (Å²) >= 11 is 0. The van der Waals surface area contributed by atoms with Crippen LogP contribution in [0.3, 0.4) is 0 Å². The maximum Gasteiger partial charge on any atom is 0.269 e. The smallest absolute Gasteiger partial charge is 0.269 e. The lowest BCUT2D eigenvalue weighted by atomic mass is 9.95. The predicted octanol–water partition coefficient (Wildman–Crippen LogP) is 0.873. The molecule has 3 rings (SSSR count). The van der Waals surface area contributed by atoms with Crippen LogP contribution >= 0.6 is 0 Å². The molecular formula is C9H11N3O. The molecule has 0 aliphatic heterocycles. The first-order chi connectivity index (χ1) is 6.27. The summed E-state index contributed by atoms with van der Waals surface area (Å²) in [5.74, 6) is 0.756. The van der Waals surface area contributed by atoms with Gasteiger partial charge in [0.05, 0.1) is 0 Å². The standard InChI is InChI=1S/C9H11N3O/c10-9(13)8-6-4-1-2-5(3-4)7(6)11-12-8/h4-5H,1-3H2,(H2,10,13)(H,11,12). The van der Waals surface area contributed by atoms with Crippen molar-refractivity contribution in [3.8, 4) is 0 Å². The van der Waals surface area contributed by atoms with Crippen LogP contribution in [-0.4, -0.2) is 16.1 Å². The Morgan fingerprint density at radius 3 is 3.00 bits per heavy atom. The van der Waals surface area contributed by atoms with Crippen molar-refractivity contribution >= 4 is 5.91 Å². The summed E-state index contributed by atoms with van der Waals surface area (Å²) in [6.07, 6.45) is 3.61. The number of nitrogens with two attached hydrogens (primary N) is 1. The van der Waals surface area contributed by atoms with Gasteiger partial charge in [-0.05, 0) is 25.2 Å². The molecule has 2 atom stereocenters. The monoisotopic (exact) mass is 177 g/mol. The number of carbonyl (C=O) groups excluding carboxylic acids is 1. The summed E-state index contributed by atoms with van der Waals surface area (Å²) in [6.45, 7) is 0. The summed E-state index contributed by atoms with van der Waals surface area (Å²) in [4.78, 5) is 11.0. The highest BCUT2D eigenvalue weighted by Gasteiger charge is 2.41. The number of H-pyrrole nitrogens is 1. The van der Waals surface area contributed by atoms with Crippen molar-refractivity contribution < 1.29 is 4.79 Å². The lowest BCUT2D eigenvalue weighted by Crippen LogP contribution is -2.14. The Kier molecular flexibility index (Phi) is 1.17. The van der Waals surface area contributed by atoms with Crippen LogP contribution in [0.1, 0.15) is 52.8 Å². The molecule has 1 heterocycles. The maximum atomic E-state index is 11.0. The minimum Gasteiger partial charge on any atom is -0.364 e. The Morgan fingerprint density at radius 1 is 1.46 bits per heavy atom. The number of hydrogen-bond donors (Lipinski definition) is 2. The molecule has 2 bridgehead atoms. The zero-order chi connectivity index (χ0) is 9.00. The average molecular weight is 177 g/mol. The van der Waals surface area contributed by atoms with Gasteiger partial charge in [-0.2, -0.15) is 5.10 Å². The second-order valence-electron chi connectivity index (χ2n) is 3.97. The van der Waals surface area contributed by atoms with Gasteiger partial charge in [-0.1, -0.05) is 0 Å². The molecule has 0 spiro atoms. The first kappa shape index (κ1) is 7.12. The van der Waals surface area contributed by atoms with E-state index >= 15 is 0 Å². The zero-order valence-corrected chi connectivity index (χ0v) is 7.21. The van der Waals surface area contributed by atoms with E-state index in [2.05, 4.69) is 10.2 Å². The second kappa shape index (κ2) is 2.13. The van der Waals surface area contributed by atoms with Gasteiger partial charge in [0, 0.05) is 17.2 Å². The summed E-state index contributed by atoms with van der Waals surface area (Å²) in [5, 5.41) is 6.93. The van der Waals surface area contributed by atoms with Gasteiger partial charge >= 0.3 is 0 Å². The van der Waals surface area contributed by atoms with E-state index in [0.29, 0.717) is 17.5 Å². The lowest BCUT2D eigenvalue weighted by molar-refractivity contribution is 0.0994. The van der Waals surface area contributed by atoms with E-state index in [1.807, 2.05) is 0 Å². The van der Waals surface area contributed by atoms with E-state index in [9.17, 15) is 4.79 Å². The fraction of sp³-hybridized carbons (Fsp3) is 0.556. The fourth-order valence-corrected chi connectivity index (χ4v) is 2.78. The van der Waals surface area contributed by atoms with Crippen LogP contribution in [0.15, 0.2) is 0 Å². The van der Waals surface area contributed by atoms with Gasteiger partial charge in [0.15, 0.2) is 5.69 Å². The molecule has 1 amide bonds. The third kappa shape index (κ3) is 0.753. The van der Waals surface area contributed by atoms with Crippen LogP contribution in [0.5, 0.6) is 0 Å². The quantitative estimate of drug-likeness (QED) is 0.668.